The summed E-state index contributed by atoms with van der Waals surface area (Å²) in [6.07, 6.45) is 0. The van der Waals surface area contributed by atoms with Crippen LogP contribution in [0.1, 0.15) is 27.0 Å². The average molecular weight is 618 g/mol. The maximum atomic E-state index is 14.1. The molecule has 1 saturated heterocycles. The van der Waals surface area contributed by atoms with E-state index in [1.54, 1.807) is 77.7 Å². The lowest BCUT2D eigenvalue weighted by Gasteiger charge is -2.35. The molecule has 2 aliphatic heterocycles. The first-order valence-corrected chi connectivity index (χ1v) is 15.9. The molecule has 0 bridgehead atoms. The van der Waals surface area contributed by atoms with Crippen molar-refractivity contribution in [2.24, 2.45) is 0 Å². The van der Waals surface area contributed by atoms with Crippen LogP contribution in [0.25, 0.3) is 0 Å². The van der Waals surface area contributed by atoms with Crippen LogP contribution in [-0.2, 0) is 23.1 Å². The van der Waals surface area contributed by atoms with Crippen molar-refractivity contribution in [1.29, 1.82) is 0 Å². The van der Waals surface area contributed by atoms with Gasteiger partial charge in [0.1, 0.15) is 0 Å². The summed E-state index contributed by atoms with van der Waals surface area (Å²) in [6, 6.07) is 26.7. The fourth-order valence-electron chi connectivity index (χ4n) is 5.34. The van der Waals surface area contributed by atoms with Crippen LogP contribution in [0.5, 0.6) is 11.5 Å². The number of aryl methyl sites for hydroxylation is 1. The summed E-state index contributed by atoms with van der Waals surface area (Å²) in [5, 5.41) is 0.560. The Morgan fingerprint density at radius 3 is 2.26 bits per heavy atom. The normalized spacial score (nSPS) is 15.0. The lowest BCUT2D eigenvalue weighted by Crippen LogP contribution is -2.48. The van der Waals surface area contributed by atoms with Crippen LogP contribution in [0.4, 0.5) is 5.69 Å². The summed E-state index contributed by atoms with van der Waals surface area (Å²) in [7, 11) is -4.01. The minimum absolute atomic E-state index is 0.0426. The Labute approximate surface area is 257 Å². The Bertz CT molecular complexity index is 1720. The Morgan fingerprint density at radius 1 is 0.837 bits per heavy atom. The highest BCUT2D eigenvalue weighted by Crippen LogP contribution is 2.33. The molecule has 0 N–H and O–H groups in total. The number of para-hydroxylation sites is 1. The first-order chi connectivity index (χ1) is 20.8. The highest BCUT2D eigenvalue weighted by molar-refractivity contribution is 7.92. The Balaban J connectivity index is 1.24. The number of hydrogen-bond donors (Lipinski definition) is 0. The number of halogens is 1. The number of ether oxygens (including phenoxy) is 2. The van der Waals surface area contributed by atoms with Crippen molar-refractivity contribution in [3.8, 4) is 11.5 Å². The quantitative estimate of drug-likeness (QED) is 0.251. The van der Waals surface area contributed by atoms with Crippen LogP contribution in [0.15, 0.2) is 95.9 Å². The van der Waals surface area contributed by atoms with Crippen molar-refractivity contribution in [1.82, 2.24) is 9.80 Å². The van der Waals surface area contributed by atoms with Crippen molar-refractivity contribution in [3.63, 3.8) is 0 Å². The van der Waals surface area contributed by atoms with E-state index >= 15 is 0 Å². The molecule has 222 valence electrons. The van der Waals surface area contributed by atoms with Gasteiger partial charge in [-0.05, 0) is 66.6 Å². The zero-order valence-corrected chi connectivity index (χ0v) is 25.4. The number of amides is 1. The van der Waals surface area contributed by atoms with Gasteiger partial charge in [-0.2, -0.15) is 0 Å². The van der Waals surface area contributed by atoms with E-state index in [1.807, 2.05) is 25.1 Å². The number of piperazine rings is 1. The fourth-order valence-corrected chi connectivity index (χ4v) is 6.94. The fraction of sp³-hybridized carbons (Fsp3) is 0.242. The van der Waals surface area contributed by atoms with Crippen LogP contribution in [-0.4, -0.2) is 57.1 Å². The third-order valence-electron chi connectivity index (χ3n) is 7.75. The van der Waals surface area contributed by atoms with E-state index in [9.17, 15) is 13.2 Å². The summed E-state index contributed by atoms with van der Waals surface area (Å²) < 4.78 is 40.5. The molecule has 0 spiro atoms. The number of hydrogen-bond acceptors (Lipinski definition) is 6. The Hall–Kier alpha value is -4.05. The molecule has 10 heteroatoms. The topological polar surface area (TPSA) is 79.4 Å². The van der Waals surface area contributed by atoms with Gasteiger partial charge in [-0.25, -0.2) is 8.42 Å². The molecule has 4 aromatic carbocycles. The summed E-state index contributed by atoms with van der Waals surface area (Å²) in [5.41, 5.74) is 3.51. The van der Waals surface area contributed by atoms with Gasteiger partial charge in [-0.15, -0.1) is 0 Å². The molecule has 0 unspecified atom stereocenters. The number of fused-ring (bicyclic) bond motifs is 1. The number of sulfonamides is 1. The molecule has 1 fully saturated rings. The van der Waals surface area contributed by atoms with Crippen molar-refractivity contribution in [2.45, 2.75) is 24.9 Å². The van der Waals surface area contributed by atoms with Gasteiger partial charge in [0, 0.05) is 37.7 Å². The monoisotopic (exact) mass is 617 g/mol. The molecule has 0 saturated carbocycles. The number of nitrogens with zero attached hydrogens (tertiary/aromatic N) is 3. The maximum Gasteiger partial charge on any atom is 0.264 e. The zero-order valence-electron chi connectivity index (χ0n) is 23.8. The number of benzene rings is 4. The third kappa shape index (κ3) is 6.34. The predicted molar refractivity (Wildman–Crippen MR) is 166 cm³/mol. The lowest BCUT2D eigenvalue weighted by molar-refractivity contribution is 0.0629. The van der Waals surface area contributed by atoms with Gasteiger partial charge in [0.25, 0.3) is 15.9 Å². The molecule has 2 aliphatic rings. The second-order valence-electron chi connectivity index (χ2n) is 10.7. The summed E-state index contributed by atoms with van der Waals surface area (Å²) >= 11 is 6.10. The summed E-state index contributed by atoms with van der Waals surface area (Å²) in [6.45, 7) is 5.37. The van der Waals surface area contributed by atoms with E-state index in [1.165, 1.54) is 4.31 Å². The number of carbonyl (C=O) groups is 1. The van der Waals surface area contributed by atoms with Gasteiger partial charge in [0.2, 0.25) is 6.79 Å². The molecule has 2 heterocycles. The van der Waals surface area contributed by atoms with E-state index in [0.29, 0.717) is 42.5 Å². The highest BCUT2D eigenvalue weighted by Gasteiger charge is 2.31. The molecule has 43 heavy (non-hydrogen) atoms. The van der Waals surface area contributed by atoms with Gasteiger partial charge >= 0.3 is 0 Å². The summed E-state index contributed by atoms with van der Waals surface area (Å²) in [5.74, 6) is 1.32. The van der Waals surface area contributed by atoms with E-state index in [4.69, 9.17) is 21.1 Å². The van der Waals surface area contributed by atoms with E-state index in [0.717, 1.165) is 34.7 Å². The molecule has 0 atom stereocenters. The predicted octanol–water partition coefficient (Wildman–Crippen LogP) is 5.73. The summed E-state index contributed by atoms with van der Waals surface area (Å²) in [4.78, 5) is 18.2. The first kappa shape index (κ1) is 29.0. The van der Waals surface area contributed by atoms with E-state index in [2.05, 4.69) is 4.90 Å². The minimum atomic E-state index is -4.01. The molecule has 0 aliphatic carbocycles. The molecule has 0 radical (unpaired) electrons. The SMILES string of the molecule is Cc1ccc(S(=O)(=O)N(Cc2ccc(Cl)cc2)c2ccccc2C(=O)N2CCN(Cc3ccc4c(c3)OCO4)CC2)cc1. The standard InChI is InChI=1S/C33H32ClN3O5S/c1-24-6-13-28(14-7-24)43(39,40)37(22-25-8-11-27(34)12-9-25)30-5-3-2-4-29(30)33(38)36-18-16-35(17-19-36)21-26-10-15-31-32(20-26)42-23-41-31/h2-15,20H,16-19,21-23H2,1H3. The largest absolute Gasteiger partial charge is 0.454 e. The van der Waals surface area contributed by atoms with E-state index < -0.39 is 10.0 Å². The van der Waals surface area contributed by atoms with Crippen molar-refractivity contribution in [2.75, 3.05) is 37.3 Å². The van der Waals surface area contributed by atoms with E-state index in [-0.39, 0.29) is 24.1 Å². The van der Waals surface area contributed by atoms with Crippen LogP contribution >= 0.6 is 11.6 Å². The minimum Gasteiger partial charge on any atom is -0.454 e. The molecule has 0 aromatic heterocycles. The van der Waals surface area contributed by atoms with Gasteiger partial charge in [0.05, 0.1) is 22.7 Å². The number of rotatable bonds is 8. The molecular formula is C33H32ClN3O5S. The van der Waals surface area contributed by atoms with Gasteiger partial charge in [-0.3, -0.25) is 14.0 Å². The van der Waals surface area contributed by atoms with Crippen molar-refractivity contribution >= 4 is 33.2 Å². The second-order valence-corrected chi connectivity index (χ2v) is 13.0. The van der Waals surface area contributed by atoms with Gasteiger partial charge < -0.3 is 14.4 Å². The van der Waals surface area contributed by atoms with Crippen LogP contribution < -0.4 is 13.8 Å². The van der Waals surface area contributed by atoms with Crippen LogP contribution in [0, 0.1) is 6.92 Å². The zero-order chi connectivity index (χ0) is 30.0. The lowest BCUT2D eigenvalue weighted by atomic mass is 10.1. The average Bonchev–Trinajstić information content (AvgIpc) is 3.49. The Morgan fingerprint density at radius 2 is 1.51 bits per heavy atom. The van der Waals surface area contributed by atoms with Gasteiger partial charge in [-0.1, -0.05) is 59.6 Å². The number of carbonyl (C=O) groups excluding carboxylic acids is 1. The Kier molecular flexibility index (Phi) is 8.30. The molecular weight excluding hydrogens is 586 g/mol. The molecule has 6 rings (SSSR count). The van der Waals surface area contributed by atoms with Crippen molar-refractivity contribution < 1.29 is 22.7 Å². The second kappa shape index (κ2) is 12.3. The van der Waals surface area contributed by atoms with Crippen molar-refractivity contribution in [3.05, 3.63) is 118 Å². The third-order valence-corrected chi connectivity index (χ3v) is 9.78. The van der Waals surface area contributed by atoms with Crippen LogP contribution in [0.3, 0.4) is 0 Å². The molecule has 8 nitrogen and oxygen atoms in total. The maximum absolute atomic E-state index is 14.1. The van der Waals surface area contributed by atoms with Gasteiger partial charge in [0.15, 0.2) is 11.5 Å². The molecule has 1 amide bonds. The smallest absolute Gasteiger partial charge is 0.264 e. The highest BCUT2D eigenvalue weighted by atomic mass is 35.5. The molecule has 4 aromatic rings. The first-order valence-electron chi connectivity index (χ1n) is 14.1. The van der Waals surface area contributed by atoms with Crippen LogP contribution in [0.2, 0.25) is 5.02 Å². The number of anilines is 1.